The zero-order valence-corrected chi connectivity index (χ0v) is 11.9. The van der Waals surface area contributed by atoms with Gasteiger partial charge in [0.25, 0.3) is 0 Å². The summed E-state index contributed by atoms with van der Waals surface area (Å²) in [7, 11) is 0. The van der Waals surface area contributed by atoms with Gasteiger partial charge < -0.3 is 15.7 Å². The summed E-state index contributed by atoms with van der Waals surface area (Å²) in [4.78, 5) is 37.0. The van der Waals surface area contributed by atoms with Crippen LogP contribution in [0.3, 0.4) is 0 Å². The van der Waals surface area contributed by atoms with Gasteiger partial charge in [0, 0.05) is 26.1 Å². The molecule has 0 aromatic carbocycles. The van der Waals surface area contributed by atoms with Gasteiger partial charge in [-0.05, 0) is 25.0 Å². The van der Waals surface area contributed by atoms with Crippen molar-refractivity contribution in [2.24, 2.45) is 0 Å². The van der Waals surface area contributed by atoms with Crippen LogP contribution in [-0.2, 0) is 9.59 Å². The van der Waals surface area contributed by atoms with E-state index in [0.29, 0.717) is 19.4 Å². The molecule has 0 saturated carbocycles. The van der Waals surface area contributed by atoms with Crippen molar-refractivity contribution < 1.29 is 19.5 Å². The zero-order chi connectivity index (χ0) is 15.7. The number of unbranched alkanes of at least 4 members (excludes halogenated alkanes) is 2. The number of hydrogen-bond donors (Lipinski definition) is 3. The van der Waals surface area contributed by atoms with Crippen LogP contribution in [0.4, 0.5) is 5.82 Å². The average molecular weight is 293 g/mol. The second-order valence-electron chi connectivity index (χ2n) is 4.58. The normalized spacial score (nSPS) is 9.95. The van der Waals surface area contributed by atoms with Gasteiger partial charge in [-0.3, -0.25) is 9.59 Å². The van der Waals surface area contributed by atoms with Crippen LogP contribution in [0.2, 0.25) is 0 Å². The molecule has 1 heterocycles. The van der Waals surface area contributed by atoms with Crippen molar-refractivity contribution in [1.29, 1.82) is 0 Å². The molecular formula is C14H19N3O4. The molecule has 1 aromatic heterocycles. The molecular weight excluding hydrogens is 274 g/mol. The third kappa shape index (κ3) is 7.05. The monoisotopic (exact) mass is 293 g/mol. The second-order valence-corrected chi connectivity index (χ2v) is 4.58. The Bertz CT molecular complexity index is 517. The first-order chi connectivity index (χ1) is 9.99. The summed E-state index contributed by atoms with van der Waals surface area (Å²) >= 11 is 0. The largest absolute Gasteiger partial charge is 0.478 e. The van der Waals surface area contributed by atoms with Crippen molar-refractivity contribution in [3.63, 3.8) is 0 Å². The van der Waals surface area contributed by atoms with E-state index in [-0.39, 0.29) is 23.2 Å². The number of pyridine rings is 1. The molecule has 0 fully saturated rings. The summed E-state index contributed by atoms with van der Waals surface area (Å²) < 4.78 is 0. The van der Waals surface area contributed by atoms with E-state index in [4.69, 9.17) is 5.11 Å². The summed E-state index contributed by atoms with van der Waals surface area (Å²) in [6.07, 6.45) is 4.02. The number of aromatic carboxylic acids is 1. The highest BCUT2D eigenvalue weighted by molar-refractivity contribution is 5.92. The number of anilines is 1. The SMILES string of the molecule is CC(=O)NCCCCCC(=O)Nc1cc(C(=O)O)ccn1. The van der Waals surface area contributed by atoms with Crippen LogP contribution in [0.5, 0.6) is 0 Å². The maximum Gasteiger partial charge on any atom is 0.335 e. The zero-order valence-electron chi connectivity index (χ0n) is 11.9. The minimum absolute atomic E-state index is 0.0582. The van der Waals surface area contributed by atoms with Crippen LogP contribution in [-0.4, -0.2) is 34.4 Å². The molecule has 7 heteroatoms. The predicted octanol–water partition coefficient (Wildman–Crippen LogP) is 1.41. The van der Waals surface area contributed by atoms with Gasteiger partial charge in [-0.1, -0.05) is 6.42 Å². The van der Waals surface area contributed by atoms with Gasteiger partial charge >= 0.3 is 5.97 Å². The fourth-order valence-corrected chi connectivity index (χ4v) is 1.69. The van der Waals surface area contributed by atoms with Gasteiger partial charge in [0.15, 0.2) is 0 Å². The number of hydrogen-bond acceptors (Lipinski definition) is 4. The smallest absolute Gasteiger partial charge is 0.335 e. The van der Waals surface area contributed by atoms with Crippen LogP contribution >= 0.6 is 0 Å². The fourth-order valence-electron chi connectivity index (χ4n) is 1.69. The molecule has 0 spiro atoms. The first-order valence-corrected chi connectivity index (χ1v) is 6.72. The van der Waals surface area contributed by atoms with E-state index in [2.05, 4.69) is 15.6 Å². The highest BCUT2D eigenvalue weighted by atomic mass is 16.4. The van der Waals surface area contributed by atoms with E-state index < -0.39 is 5.97 Å². The van der Waals surface area contributed by atoms with E-state index in [1.165, 1.54) is 25.3 Å². The third-order valence-corrected chi connectivity index (χ3v) is 2.73. The van der Waals surface area contributed by atoms with Crippen LogP contribution in [0.1, 0.15) is 43.0 Å². The summed E-state index contributed by atoms with van der Waals surface area (Å²) in [6.45, 7) is 2.07. The highest BCUT2D eigenvalue weighted by Gasteiger charge is 2.07. The maximum atomic E-state index is 11.7. The fraction of sp³-hybridized carbons (Fsp3) is 0.429. The Labute approximate surface area is 122 Å². The van der Waals surface area contributed by atoms with Crippen LogP contribution < -0.4 is 10.6 Å². The van der Waals surface area contributed by atoms with Gasteiger partial charge in [-0.25, -0.2) is 9.78 Å². The molecule has 0 atom stereocenters. The highest BCUT2D eigenvalue weighted by Crippen LogP contribution is 2.08. The van der Waals surface area contributed by atoms with Crippen molar-refractivity contribution in [3.05, 3.63) is 23.9 Å². The Balaban J connectivity index is 2.26. The lowest BCUT2D eigenvalue weighted by atomic mass is 10.2. The predicted molar refractivity (Wildman–Crippen MR) is 77.0 cm³/mol. The molecule has 7 nitrogen and oxygen atoms in total. The molecule has 0 radical (unpaired) electrons. The van der Waals surface area contributed by atoms with Crippen molar-refractivity contribution in [3.8, 4) is 0 Å². The number of rotatable bonds is 8. The molecule has 1 aromatic rings. The van der Waals surface area contributed by atoms with Crippen LogP contribution in [0.25, 0.3) is 0 Å². The number of aromatic nitrogens is 1. The number of nitrogens with one attached hydrogen (secondary N) is 2. The second kappa shape index (κ2) is 8.68. The molecule has 3 N–H and O–H groups in total. The maximum absolute atomic E-state index is 11.7. The minimum Gasteiger partial charge on any atom is -0.478 e. The van der Waals surface area contributed by atoms with Gasteiger partial charge in [-0.2, -0.15) is 0 Å². The van der Waals surface area contributed by atoms with Crippen LogP contribution in [0, 0.1) is 0 Å². The van der Waals surface area contributed by atoms with Gasteiger partial charge in [0.1, 0.15) is 5.82 Å². The molecule has 0 aliphatic heterocycles. The Morgan fingerprint density at radius 2 is 2.00 bits per heavy atom. The molecule has 0 aliphatic carbocycles. The van der Waals surface area contributed by atoms with Crippen molar-refractivity contribution in [2.45, 2.75) is 32.6 Å². The number of carbonyl (C=O) groups is 3. The standard InChI is InChI=1S/C14H19N3O4/c1-10(18)15-7-4-2-3-5-13(19)17-12-9-11(14(20)21)6-8-16-12/h6,8-9H,2-5,7H2,1H3,(H,15,18)(H,20,21)(H,16,17,19). The molecule has 2 amide bonds. The minimum atomic E-state index is -1.06. The first-order valence-electron chi connectivity index (χ1n) is 6.72. The Hall–Kier alpha value is -2.44. The van der Waals surface area contributed by atoms with Crippen LogP contribution in [0.15, 0.2) is 18.3 Å². The lowest BCUT2D eigenvalue weighted by Gasteiger charge is -2.05. The average Bonchev–Trinajstić information content (AvgIpc) is 2.42. The molecule has 1 rings (SSSR count). The first kappa shape index (κ1) is 16.6. The number of carboxylic acid groups (broad SMARTS) is 1. The molecule has 0 aliphatic rings. The lowest BCUT2D eigenvalue weighted by Crippen LogP contribution is -2.20. The number of carbonyl (C=O) groups excluding carboxylic acids is 2. The number of nitrogens with zero attached hydrogens (tertiary/aromatic N) is 1. The van der Waals surface area contributed by atoms with E-state index in [0.717, 1.165) is 12.8 Å². The number of amides is 2. The Morgan fingerprint density at radius 3 is 2.67 bits per heavy atom. The summed E-state index contributed by atoms with van der Waals surface area (Å²) in [5.41, 5.74) is 0.0793. The molecule has 21 heavy (non-hydrogen) atoms. The van der Waals surface area contributed by atoms with E-state index >= 15 is 0 Å². The summed E-state index contributed by atoms with van der Waals surface area (Å²) in [6, 6.07) is 2.68. The molecule has 114 valence electrons. The van der Waals surface area contributed by atoms with E-state index in [9.17, 15) is 14.4 Å². The quantitative estimate of drug-likeness (QED) is 0.628. The van der Waals surface area contributed by atoms with Gasteiger partial charge in [0.2, 0.25) is 11.8 Å². The van der Waals surface area contributed by atoms with Gasteiger partial charge in [0.05, 0.1) is 5.56 Å². The molecule has 0 unspecified atom stereocenters. The summed E-state index contributed by atoms with van der Waals surface area (Å²) in [5, 5.41) is 14.1. The third-order valence-electron chi connectivity index (χ3n) is 2.73. The van der Waals surface area contributed by atoms with Gasteiger partial charge in [-0.15, -0.1) is 0 Å². The topological polar surface area (TPSA) is 108 Å². The van der Waals surface area contributed by atoms with E-state index in [1.807, 2.05) is 0 Å². The Kier molecular flexibility index (Phi) is 6.86. The van der Waals surface area contributed by atoms with Crippen molar-refractivity contribution in [2.75, 3.05) is 11.9 Å². The molecule has 0 saturated heterocycles. The lowest BCUT2D eigenvalue weighted by molar-refractivity contribution is -0.119. The summed E-state index contributed by atoms with van der Waals surface area (Å²) in [5.74, 6) is -1.09. The van der Waals surface area contributed by atoms with Crippen molar-refractivity contribution >= 4 is 23.6 Å². The van der Waals surface area contributed by atoms with E-state index in [1.54, 1.807) is 0 Å². The number of carboxylic acids is 1. The van der Waals surface area contributed by atoms with Crippen molar-refractivity contribution in [1.82, 2.24) is 10.3 Å². The Morgan fingerprint density at radius 1 is 1.24 bits per heavy atom. The molecule has 0 bridgehead atoms.